The maximum Gasteiger partial charge on any atom is 0.314 e. The van der Waals surface area contributed by atoms with Crippen molar-refractivity contribution >= 4 is 60.4 Å². The third kappa shape index (κ3) is 10.6. The molecule has 0 fully saturated rings. The van der Waals surface area contributed by atoms with Crippen molar-refractivity contribution in [3.63, 3.8) is 0 Å². The van der Waals surface area contributed by atoms with E-state index in [0.29, 0.717) is 43.9 Å². The van der Waals surface area contributed by atoms with Crippen molar-refractivity contribution in [2.24, 2.45) is 5.73 Å². The molecule has 0 amide bonds. The normalized spacial score (nSPS) is 11.6. The summed E-state index contributed by atoms with van der Waals surface area (Å²) in [7, 11) is -7.09. The van der Waals surface area contributed by atoms with E-state index < -0.39 is 32.4 Å². The third-order valence-corrected chi connectivity index (χ3v) is 12.2. The van der Waals surface area contributed by atoms with E-state index in [1.807, 2.05) is 6.92 Å². The van der Waals surface area contributed by atoms with Crippen LogP contribution in [0.15, 0.2) is 77.5 Å². The molecule has 0 bridgehead atoms. The summed E-state index contributed by atoms with van der Waals surface area (Å²) in [6.07, 6.45) is -0.0878. The van der Waals surface area contributed by atoms with E-state index in [1.54, 1.807) is 81.4 Å². The Balaban J connectivity index is 0.000000244. The van der Waals surface area contributed by atoms with Crippen molar-refractivity contribution in [2.45, 2.75) is 47.2 Å². The maximum atomic E-state index is 12.6. The molecule has 19 heteroatoms. The largest absolute Gasteiger partial charge is 0.415 e. The van der Waals surface area contributed by atoms with Gasteiger partial charge < -0.3 is 10.2 Å². The Kier molecular flexibility index (Phi) is 14.2. The zero-order chi connectivity index (χ0) is 39.8. The van der Waals surface area contributed by atoms with E-state index in [0.717, 1.165) is 11.1 Å². The standard InChI is InChI=1S/C18H17ClF2N4O3S.C17H20ClN3O3S/c1-3-29(26,27)25(14-6-7-15(19)11(2)8-14)10-13-5-4-12(9-22-13)17-23-24-18(28-17)16(20)21;1-3-25(23,24)21(15-6-7-16(18)12(2)8-15)11-14-5-4-13(10-20-14)17(22)9-19/h4-9,16H,3,10H2,1-2H3;4-8,10H,3,9,11,19H2,1-2H3. The lowest BCUT2D eigenvalue weighted by Gasteiger charge is -2.24. The number of ketones is 1. The van der Waals surface area contributed by atoms with Gasteiger partial charge in [-0.1, -0.05) is 23.2 Å². The Hall–Kier alpha value is -4.55. The molecule has 0 saturated carbocycles. The first kappa shape index (κ1) is 42.2. The number of nitrogens with zero attached hydrogens (tertiary/aromatic N) is 6. The molecule has 3 aromatic heterocycles. The molecule has 5 aromatic rings. The fourth-order valence-corrected chi connectivity index (χ4v) is 7.15. The van der Waals surface area contributed by atoms with Crippen LogP contribution in [0.2, 0.25) is 10.0 Å². The van der Waals surface area contributed by atoms with Crippen LogP contribution in [0.1, 0.15) is 59.0 Å². The van der Waals surface area contributed by atoms with E-state index in [9.17, 15) is 30.4 Å². The summed E-state index contributed by atoms with van der Waals surface area (Å²) in [5.41, 5.74) is 9.57. The smallest absolute Gasteiger partial charge is 0.314 e. The molecule has 0 radical (unpaired) electrons. The molecule has 2 N–H and O–H groups in total. The first-order valence-electron chi connectivity index (χ1n) is 16.3. The van der Waals surface area contributed by atoms with Crippen molar-refractivity contribution in [1.82, 2.24) is 20.2 Å². The van der Waals surface area contributed by atoms with Gasteiger partial charge in [-0.3, -0.25) is 23.4 Å². The summed E-state index contributed by atoms with van der Waals surface area (Å²) >= 11 is 12.1. The van der Waals surface area contributed by atoms with Gasteiger partial charge in [-0.2, -0.15) is 8.78 Å². The highest BCUT2D eigenvalue weighted by molar-refractivity contribution is 7.93. The van der Waals surface area contributed by atoms with Crippen LogP contribution in [0.5, 0.6) is 0 Å². The van der Waals surface area contributed by atoms with Gasteiger partial charge >= 0.3 is 6.43 Å². The number of pyridine rings is 2. The number of aryl methyl sites for hydroxylation is 2. The number of anilines is 2. The Morgan fingerprint density at radius 2 is 1.28 bits per heavy atom. The van der Waals surface area contributed by atoms with E-state index in [2.05, 4.69) is 20.2 Å². The monoisotopic (exact) mass is 823 g/mol. The molecule has 3 heterocycles. The molecule has 0 spiro atoms. The second-order valence-electron chi connectivity index (χ2n) is 11.6. The molecule has 0 aliphatic heterocycles. The van der Waals surface area contributed by atoms with Gasteiger partial charge in [-0.25, -0.2) is 16.8 Å². The predicted octanol–water partition coefficient (Wildman–Crippen LogP) is 6.93. The molecule has 5 rings (SSSR count). The number of carbonyl (C=O) groups excluding carboxylic acids is 1. The molecule has 0 unspecified atom stereocenters. The van der Waals surface area contributed by atoms with Crippen molar-refractivity contribution in [2.75, 3.05) is 26.7 Å². The molecule has 288 valence electrons. The lowest BCUT2D eigenvalue weighted by atomic mass is 10.2. The highest BCUT2D eigenvalue weighted by Gasteiger charge is 2.24. The van der Waals surface area contributed by atoms with Crippen LogP contribution in [-0.4, -0.2) is 60.8 Å². The van der Waals surface area contributed by atoms with Crippen molar-refractivity contribution in [3.05, 3.63) is 117 Å². The minimum absolute atomic E-state index is 0.0103. The number of carbonyl (C=O) groups is 1. The van der Waals surface area contributed by atoms with Crippen LogP contribution in [0.4, 0.5) is 20.2 Å². The second-order valence-corrected chi connectivity index (χ2v) is 16.8. The van der Waals surface area contributed by atoms with Crippen LogP contribution in [0, 0.1) is 13.8 Å². The van der Waals surface area contributed by atoms with E-state index in [4.69, 9.17) is 33.4 Å². The fraction of sp³-hybridized carbons (Fsp3) is 0.286. The summed E-state index contributed by atoms with van der Waals surface area (Å²) in [5, 5.41) is 7.93. The van der Waals surface area contributed by atoms with Crippen molar-refractivity contribution in [3.8, 4) is 11.5 Å². The Labute approximate surface area is 322 Å². The number of Topliss-reactive ketones (excluding diaryl/α,β-unsaturated/α-hetero) is 1. The molecule has 0 saturated heterocycles. The topological polar surface area (TPSA) is 183 Å². The summed E-state index contributed by atoms with van der Waals surface area (Å²) in [6, 6.07) is 16.4. The van der Waals surface area contributed by atoms with Crippen LogP contribution >= 0.6 is 23.2 Å². The average molecular weight is 825 g/mol. The van der Waals surface area contributed by atoms with E-state index in [-0.39, 0.29) is 42.8 Å². The van der Waals surface area contributed by atoms with Crippen LogP contribution in [0.3, 0.4) is 0 Å². The zero-order valence-electron chi connectivity index (χ0n) is 29.6. The number of nitrogens with two attached hydrogens (primary N) is 1. The van der Waals surface area contributed by atoms with Gasteiger partial charge in [0.2, 0.25) is 25.9 Å². The molecule has 0 aliphatic rings. The zero-order valence-corrected chi connectivity index (χ0v) is 32.7. The van der Waals surface area contributed by atoms with Gasteiger partial charge in [0.05, 0.1) is 59.5 Å². The summed E-state index contributed by atoms with van der Waals surface area (Å²) in [6.45, 7) is 6.69. The highest BCUT2D eigenvalue weighted by Crippen LogP contribution is 2.28. The first-order chi connectivity index (χ1) is 25.5. The number of benzene rings is 2. The predicted molar refractivity (Wildman–Crippen MR) is 204 cm³/mol. The Morgan fingerprint density at radius 3 is 1.65 bits per heavy atom. The maximum absolute atomic E-state index is 12.6. The number of sulfonamides is 2. The fourth-order valence-electron chi connectivity index (χ4n) is 4.76. The summed E-state index contributed by atoms with van der Waals surface area (Å²) in [5.74, 6) is -1.22. The van der Waals surface area contributed by atoms with Crippen molar-refractivity contribution < 1.29 is 34.8 Å². The minimum Gasteiger partial charge on any atom is -0.415 e. The van der Waals surface area contributed by atoms with Gasteiger partial charge in [-0.15, -0.1) is 10.2 Å². The Morgan fingerprint density at radius 1 is 0.778 bits per heavy atom. The first-order valence-corrected chi connectivity index (χ1v) is 20.2. The van der Waals surface area contributed by atoms with E-state index >= 15 is 0 Å². The van der Waals surface area contributed by atoms with Gasteiger partial charge in [0.1, 0.15) is 0 Å². The SMILES string of the molecule is CCS(=O)(=O)N(Cc1ccc(-c2nnc(C(F)F)o2)cn1)c1ccc(Cl)c(C)c1.CCS(=O)(=O)N(Cc1ccc(C(=O)CN)cn1)c1ccc(Cl)c(C)c1. The summed E-state index contributed by atoms with van der Waals surface area (Å²) in [4.78, 5) is 20.0. The van der Waals surface area contributed by atoms with E-state index in [1.165, 1.54) is 21.0 Å². The van der Waals surface area contributed by atoms with Crippen LogP contribution in [-0.2, 0) is 33.1 Å². The average Bonchev–Trinajstić information content (AvgIpc) is 3.67. The molecule has 2 aromatic carbocycles. The van der Waals surface area contributed by atoms with Crippen molar-refractivity contribution in [1.29, 1.82) is 0 Å². The number of alkyl halides is 2. The lowest BCUT2D eigenvalue weighted by Crippen LogP contribution is -2.32. The molecule has 0 aliphatic carbocycles. The van der Waals surface area contributed by atoms with Gasteiger partial charge in [0, 0.05) is 28.0 Å². The second kappa shape index (κ2) is 18.2. The number of halogens is 4. The quantitative estimate of drug-likeness (QED) is 0.115. The lowest BCUT2D eigenvalue weighted by molar-refractivity contribution is 0.100. The molecule has 13 nitrogen and oxygen atoms in total. The number of aromatic nitrogens is 4. The molecule has 0 atom stereocenters. The Bertz CT molecular complexity index is 2300. The van der Waals surface area contributed by atoms with Gasteiger partial charge in [-0.05, 0) is 99.5 Å². The van der Waals surface area contributed by atoms with Crippen LogP contribution in [0.25, 0.3) is 11.5 Å². The summed E-state index contributed by atoms with van der Waals surface area (Å²) < 4.78 is 82.9. The molecular formula is C35H37Cl2F2N7O6S2. The third-order valence-electron chi connectivity index (χ3n) is 7.90. The minimum atomic E-state index is -3.58. The number of hydrogen-bond donors (Lipinski definition) is 1. The molecular weight excluding hydrogens is 787 g/mol. The number of hydrogen-bond acceptors (Lipinski definition) is 11. The highest BCUT2D eigenvalue weighted by atomic mass is 35.5. The van der Waals surface area contributed by atoms with Gasteiger partial charge in [0.15, 0.2) is 5.78 Å². The number of rotatable bonds is 14. The van der Waals surface area contributed by atoms with Crippen LogP contribution < -0.4 is 14.3 Å². The molecule has 54 heavy (non-hydrogen) atoms. The van der Waals surface area contributed by atoms with Gasteiger partial charge in [0.25, 0.3) is 5.89 Å².